The van der Waals surface area contributed by atoms with E-state index in [9.17, 15) is 4.79 Å². The van der Waals surface area contributed by atoms with E-state index in [1.54, 1.807) is 12.5 Å². The van der Waals surface area contributed by atoms with E-state index in [-0.39, 0.29) is 22.9 Å². The molecule has 4 aliphatic carbocycles. The van der Waals surface area contributed by atoms with E-state index in [1.165, 1.54) is 36.3 Å². The van der Waals surface area contributed by atoms with Gasteiger partial charge in [-0.3, -0.25) is 4.79 Å². The fourth-order valence-electron chi connectivity index (χ4n) is 7.92. The molecule has 5 heteroatoms. The van der Waals surface area contributed by atoms with Gasteiger partial charge in [0.2, 0.25) is 0 Å². The largest absolute Gasteiger partial charge is 0.462 e. The number of fused-ring (bicyclic) bond motifs is 7. The van der Waals surface area contributed by atoms with Gasteiger partial charge in [-0.2, -0.15) is 0 Å². The summed E-state index contributed by atoms with van der Waals surface area (Å²) in [4.78, 5) is 18.1. The number of carbonyl (C=O) groups is 1. The lowest BCUT2D eigenvalue weighted by Crippen LogP contribution is -2.50. The first-order valence-electron chi connectivity index (χ1n) is 12.6. The molecule has 2 saturated carbocycles. The minimum absolute atomic E-state index is 0.102. The van der Waals surface area contributed by atoms with Crippen molar-refractivity contribution in [2.75, 3.05) is 5.32 Å². The van der Waals surface area contributed by atoms with Crippen LogP contribution in [0.4, 0.5) is 10.8 Å². The molecule has 4 aliphatic rings. The highest BCUT2D eigenvalue weighted by Gasteiger charge is 2.59. The minimum atomic E-state index is -0.119. The summed E-state index contributed by atoms with van der Waals surface area (Å²) >= 11 is 1.83. The Hall–Kier alpha value is -2.14. The zero-order valence-corrected chi connectivity index (χ0v) is 20.7. The van der Waals surface area contributed by atoms with Gasteiger partial charge in [0.15, 0.2) is 5.13 Å². The molecule has 1 heterocycles. The van der Waals surface area contributed by atoms with Crippen LogP contribution in [0.2, 0.25) is 0 Å². The van der Waals surface area contributed by atoms with Crippen molar-refractivity contribution in [3.8, 4) is 0 Å². The van der Waals surface area contributed by atoms with Crippen LogP contribution in [0.15, 0.2) is 36.4 Å². The van der Waals surface area contributed by atoms with Crippen LogP contribution in [0.5, 0.6) is 0 Å². The molecule has 0 radical (unpaired) electrons. The Bertz CT molecular complexity index is 1110. The summed E-state index contributed by atoms with van der Waals surface area (Å²) in [5.41, 5.74) is 4.30. The van der Waals surface area contributed by atoms with Crippen LogP contribution in [0.25, 0.3) is 5.57 Å². The summed E-state index contributed by atoms with van der Waals surface area (Å²) in [5.74, 6) is 1.96. The highest BCUT2D eigenvalue weighted by Crippen LogP contribution is 2.66. The number of nitrogens with zero attached hydrogens (tertiary/aromatic N) is 1. The average Bonchev–Trinajstić information content (AvgIpc) is 3.34. The standard InChI is InChI=1S/C28H34N2O2S/c1-17(31)32-24-12-11-20-19-9-10-22-25-23(30-26(33-25)29-18-7-5-4-6-8-18)14-16-27(22,2)21(19)13-15-28(20,24)3/h4-8,10,19-21,24H,9,11-16H2,1-3H3,(H,29,30)/t19-,20-,21-,24-,27+,28-/m0/s1. The summed E-state index contributed by atoms with van der Waals surface area (Å²) in [6.07, 6.45) is 10.7. The van der Waals surface area contributed by atoms with Crippen LogP contribution < -0.4 is 5.32 Å². The van der Waals surface area contributed by atoms with Crippen molar-refractivity contribution in [2.45, 2.75) is 71.8 Å². The SMILES string of the molecule is CC(=O)O[C@H]1CC[C@H]2[C@@H]3CC=C4c5sc(Nc6ccccc6)nc5CC[C@]4(C)[C@H]3CC[C@]12C. The fraction of sp³-hybridized carbons (Fsp3) is 0.571. The molecule has 2 fully saturated rings. The Morgan fingerprint density at radius 2 is 1.94 bits per heavy atom. The van der Waals surface area contributed by atoms with Gasteiger partial charge in [0.05, 0.1) is 10.6 Å². The van der Waals surface area contributed by atoms with Gasteiger partial charge in [-0.25, -0.2) is 4.98 Å². The highest BCUT2D eigenvalue weighted by atomic mass is 32.1. The van der Waals surface area contributed by atoms with Gasteiger partial charge in [-0.1, -0.05) is 49.5 Å². The summed E-state index contributed by atoms with van der Waals surface area (Å²) in [5, 5.41) is 4.53. The lowest BCUT2D eigenvalue weighted by molar-refractivity contribution is -0.156. The Balaban J connectivity index is 1.30. The van der Waals surface area contributed by atoms with E-state index in [0.29, 0.717) is 17.8 Å². The predicted molar refractivity (Wildman–Crippen MR) is 133 cm³/mol. The Morgan fingerprint density at radius 1 is 1.12 bits per heavy atom. The van der Waals surface area contributed by atoms with E-state index in [2.05, 4.69) is 49.5 Å². The van der Waals surface area contributed by atoms with E-state index in [4.69, 9.17) is 9.72 Å². The van der Waals surface area contributed by atoms with Gasteiger partial charge in [-0.05, 0) is 85.8 Å². The molecule has 1 aromatic heterocycles. The highest BCUT2D eigenvalue weighted by molar-refractivity contribution is 7.16. The van der Waals surface area contributed by atoms with Gasteiger partial charge < -0.3 is 10.1 Å². The molecule has 0 spiro atoms. The van der Waals surface area contributed by atoms with Gasteiger partial charge >= 0.3 is 5.97 Å². The molecule has 6 rings (SSSR count). The van der Waals surface area contributed by atoms with Gasteiger partial charge in [0.25, 0.3) is 0 Å². The maximum atomic E-state index is 11.7. The zero-order valence-electron chi connectivity index (χ0n) is 19.9. The molecule has 0 aliphatic heterocycles. The zero-order chi connectivity index (χ0) is 22.8. The Kier molecular flexibility index (Phi) is 4.99. The molecule has 4 nitrogen and oxygen atoms in total. The number of carbonyl (C=O) groups excluding carboxylic acids is 1. The third kappa shape index (κ3) is 3.30. The fourth-order valence-corrected chi connectivity index (χ4v) is 9.13. The second-order valence-electron chi connectivity index (χ2n) is 11.2. The summed E-state index contributed by atoms with van der Waals surface area (Å²) < 4.78 is 5.83. The van der Waals surface area contributed by atoms with Gasteiger partial charge in [0, 0.05) is 18.0 Å². The van der Waals surface area contributed by atoms with Crippen LogP contribution in [0, 0.1) is 28.6 Å². The van der Waals surface area contributed by atoms with Crippen molar-refractivity contribution in [2.24, 2.45) is 28.6 Å². The Labute approximate surface area is 200 Å². The molecule has 0 saturated heterocycles. The molecule has 1 N–H and O–H groups in total. The lowest BCUT2D eigenvalue weighted by Gasteiger charge is -2.56. The molecule has 0 amide bonds. The molecular weight excluding hydrogens is 428 g/mol. The topological polar surface area (TPSA) is 51.2 Å². The molecule has 174 valence electrons. The third-order valence-corrected chi connectivity index (χ3v) is 10.6. The first kappa shape index (κ1) is 21.4. The molecule has 2 aromatic rings. The maximum Gasteiger partial charge on any atom is 0.302 e. The second-order valence-corrected chi connectivity index (χ2v) is 12.2. The molecule has 33 heavy (non-hydrogen) atoms. The monoisotopic (exact) mass is 462 g/mol. The number of allylic oxidation sites excluding steroid dienone is 2. The number of anilines is 2. The number of hydrogen-bond donors (Lipinski definition) is 1. The van der Waals surface area contributed by atoms with Crippen LogP contribution in [0.3, 0.4) is 0 Å². The number of para-hydroxylation sites is 1. The molecule has 0 bridgehead atoms. The van der Waals surface area contributed by atoms with E-state index >= 15 is 0 Å². The average molecular weight is 463 g/mol. The van der Waals surface area contributed by atoms with Crippen molar-refractivity contribution in [1.82, 2.24) is 4.98 Å². The van der Waals surface area contributed by atoms with Crippen molar-refractivity contribution in [3.63, 3.8) is 0 Å². The number of aryl methyl sites for hydroxylation is 1. The van der Waals surface area contributed by atoms with Crippen LogP contribution >= 0.6 is 11.3 Å². The smallest absolute Gasteiger partial charge is 0.302 e. The van der Waals surface area contributed by atoms with Crippen molar-refractivity contribution < 1.29 is 9.53 Å². The molecule has 1 aromatic carbocycles. The van der Waals surface area contributed by atoms with E-state index in [0.717, 1.165) is 30.1 Å². The first-order valence-corrected chi connectivity index (χ1v) is 13.4. The number of esters is 1. The normalized spacial score (nSPS) is 36.6. The summed E-state index contributed by atoms with van der Waals surface area (Å²) in [7, 11) is 0. The van der Waals surface area contributed by atoms with E-state index < -0.39 is 0 Å². The molecular formula is C28H34N2O2S. The first-order chi connectivity index (χ1) is 15.9. The molecule has 0 unspecified atom stereocenters. The van der Waals surface area contributed by atoms with Crippen LogP contribution in [0.1, 0.15) is 69.9 Å². The Morgan fingerprint density at radius 3 is 2.73 bits per heavy atom. The number of aromatic nitrogens is 1. The second kappa shape index (κ2) is 7.69. The lowest BCUT2D eigenvalue weighted by atomic mass is 9.48. The van der Waals surface area contributed by atoms with Gasteiger partial charge in [0.1, 0.15) is 6.10 Å². The predicted octanol–water partition coefficient (Wildman–Crippen LogP) is 7.00. The number of rotatable bonds is 3. The maximum absolute atomic E-state index is 11.7. The summed E-state index contributed by atoms with van der Waals surface area (Å²) in [6, 6.07) is 10.4. The number of nitrogens with one attached hydrogen (secondary N) is 1. The van der Waals surface area contributed by atoms with Crippen molar-refractivity contribution in [1.29, 1.82) is 0 Å². The van der Waals surface area contributed by atoms with E-state index in [1.807, 2.05) is 17.4 Å². The van der Waals surface area contributed by atoms with Crippen molar-refractivity contribution in [3.05, 3.63) is 47.0 Å². The quantitative estimate of drug-likeness (QED) is 0.499. The third-order valence-electron chi connectivity index (χ3n) is 9.53. The van der Waals surface area contributed by atoms with Crippen molar-refractivity contribution >= 4 is 33.7 Å². The number of benzene rings is 1. The molecule has 6 atom stereocenters. The minimum Gasteiger partial charge on any atom is -0.462 e. The number of hydrogen-bond acceptors (Lipinski definition) is 5. The summed E-state index contributed by atoms with van der Waals surface area (Å²) in [6.45, 7) is 6.50. The number of thiazole rings is 1. The number of ether oxygens (including phenoxy) is 1. The van der Waals surface area contributed by atoms with Crippen LogP contribution in [-0.4, -0.2) is 17.1 Å². The van der Waals surface area contributed by atoms with Crippen LogP contribution in [-0.2, 0) is 16.0 Å². The van der Waals surface area contributed by atoms with Gasteiger partial charge in [-0.15, -0.1) is 0 Å².